The highest BCUT2D eigenvalue weighted by atomic mass is 15.0. The molecule has 1 aromatic heterocycles. The first-order valence-electron chi connectivity index (χ1n) is 4.23. The topological polar surface area (TPSA) is 30.9 Å². The standard InChI is InChI=1S/C9H14N2/c1-7-9(10)6-8-4-2-3-5-11(7)8/h6H,2-5,10H2,1H3. The molecule has 2 heteroatoms. The van der Waals surface area contributed by atoms with Gasteiger partial charge in [0.2, 0.25) is 0 Å². The van der Waals surface area contributed by atoms with Crippen LogP contribution in [0, 0.1) is 6.92 Å². The first-order valence-corrected chi connectivity index (χ1v) is 4.23. The van der Waals surface area contributed by atoms with Gasteiger partial charge in [0.1, 0.15) is 0 Å². The van der Waals surface area contributed by atoms with E-state index < -0.39 is 0 Å². The van der Waals surface area contributed by atoms with Gasteiger partial charge in [-0.15, -0.1) is 0 Å². The van der Waals surface area contributed by atoms with Crippen LogP contribution < -0.4 is 5.73 Å². The molecular formula is C9H14N2. The molecule has 60 valence electrons. The number of nitrogens with zero attached hydrogens (tertiary/aromatic N) is 1. The fourth-order valence-electron chi connectivity index (χ4n) is 1.83. The molecule has 0 radical (unpaired) electrons. The van der Waals surface area contributed by atoms with Crippen molar-refractivity contribution in [2.75, 3.05) is 5.73 Å². The molecule has 2 N–H and O–H groups in total. The maximum atomic E-state index is 5.80. The summed E-state index contributed by atoms with van der Waals surface area (Å²) >= 11 is 0. The van der Waals surface area contributed by atoms with E-state index in [0.29, 0.717) is 0 Å². The summed E-state index contributed by atoms with van der Waals surface area (Å²) in [6.07, 6.45) is 3.84. The molecule has 0 amide bonds. The van der Waals surface area contributed by atoms with Crippen LogP contribution >= 0.6 is 0 Å². The largest absolute Gasteiger partial charge is 0.397 e. The van der Waals surface area contributed by atoms with Crippen LogP contribution in [-0.2, 0) is 13.0 Å². The summed E-state index contributed by atoms with van der Waals surface area (Å²) in [7, 11) is 0. The molecule has 2 nitrogen and oxygen atoms in total. The average molecular weight is 150 g/mol. The molecule has 0 saturated heterocycles. The first-order chi connectivity index (χ1) is 5.29. The van der Waals surface area contributed by atoms with Crippen LogP contribution in [0.4, 0.5) is 5.69 Å². The molecule has 2 heterocycles. The van der Waals surface area contributed by atoms with Crippen LogP contribution in [0.15, 0.2) is 6.07 Å². The number of nitrogen functional groups attached to an aromatic ring is 1. The van der Waals surface area contributed by atoms with E-state index >= 15 is 0 Å². The maximum Gasteiger partial charge on any atom is 0.0526 e. The van der Waals surface area contributed by atoms with Gasteiger partial charge in [0, 0.05) is 17.9 Å². The highest BCUT2D eigenvalue weighted by molar-refractivity contribution is 5.46. The molecule has 11 heavy (non-hydrogen) atoms. The second-order valence-corrected chi connectivity index (χ2v) is 3.29. The van der Waals surface area contributed by atoms with E-state index in [1.54, 1.807) is 0 Å². The molecule has 0 aromatic carbocycles. The molecule has 0 atom stereocenters. The smallest absolute Gasteiger partial charge is 0.0526 e. The average Bonchev–Trinajstić information content (AvgIpc) is 2.30. The Bertz CT molecular complexity index is 273. The van der Waals surface area contributed by atoms with E-state index in [1.807, 2.05) is 0 Å². The number of fused-ring (bicyclic) bond motifs is 1. The quantitative estimate of drug-likeness (QED) is 0.599. The minimum absolute atomic E-state index is 0.960. The number of aromatic nitrogens is 1. The lowest BCUT2D eigenvalue weighted by Gasteiger charge is -2.16. The first kappa shape index (κ1) is 6.77. The van der Waals surface area contributed by atoms with Crippen molar-refractivity contribution in [3.63, 3.8) is 0 Å². The van der Waals surface area contributed by atoms with Gasteiger partial charge >= 0.3 is 0 Å². The molecule has 0 unspecified atom stereocenters. The maximum absolute atomic E-state index is 5.80. The SMILES string of the molecule is Cc1c(N)cc2n1CCCC2. The van der Waals surface area contributed by atoms with Gasteiger partial charge in [-0.2, -0.15) is 0 Å². The third kappa shape index (κ3) is 0.934. The molecule has 1 aromatic rings. The summed E-state index contributed by atoms with van der Waals surface area (Å²) in [4.78, 5) is 0. The number of hydrogen-bond donors (Lipinski definition) is 1. The molecule has 0 bridgehead atoms. The lowest BCUT2D eigenvalue weighted by Crippen LogP contribution is -2.10. The number of hydrogen-bond acceptors (Lipinski definition) is 1. The number of anilines is 1. The van der Waals surface area contributed by atoms with Gasteiger partial charge in [-0.25, -0.2) is 0 Å². The fraction of sp³-hybridized carbons (Fsp3) is 0.556. The van der Waals surface area contributed by atoms with E-state index in [4.69, 9.17) is 5.73 Å². The van der Waals surface area contributed by atoms with E-state index in [9.17, 15) is 0 Å². The lowest BCUT2D eigenvalue weighted by molar-refractivity contribution is 0.524. The molecule has 1 aliphatic rings. The predicted octanol–water partition coefficient (Wildman–Crippen LogP) is 1.72. The van der Waals surface area contributed by atoms with Crippen molar-refractivity contribution in [3.05, 3.63) is 17.5 Å². The van der Waals surface area contributed by atoms with Crippen LogP contribution in [-0.4, -0.2) is 4.57 Å². The number of nitrogens with two attached hydrogens (primary N) is 1. The summed E-state index contributed by atoms with van der Waals surface area (Å²) in [5.41, 5.74) is 9.43. The molecular weight excluding hydrogens is 136 g/mol. The van der Waals surface area contributed by atoms with Crippen LogP contribution in [0.3, 0.4) is 0 Å². The van der Waals surface area contributed by atoms with Gasteiger partial charge < -0.3 is 10.3 Å². The Kier molecular flexibility index (Phi) is 1.41. The second-order valence-electron chi connectivity index (χ2n) is 3.29. The molecule has 2 rings (SSSR count). The zero-order valence-electron chi connectivity index (χ0n) is 6.93. The minimum atomic E-state index is 0.960. The van der Waals surface area contributed by atoms with Gasteiger partial charge in [0.15, 0.2) is 0 Å². The molecule has 0 aliphatic carbocycles. The zero-order valence-corrected chi connectivity index (χ0v) is 6.93. The van der Waals surface area contributed by atoms with Gasteiger partial charge in [0.25, 0.3) is 0 Å². The Labute approximate surface area is 67.0 Å². The fourth-order valence-corrected chi connectivity index (χ4v) is 1.83. The summed E-state index contributed by atoms with van der Waals surface area (Å²) in [5.74, 6) is 0. The normalized spacial score (nSPS) is 16.5. The Morgan fingerprint density at radius 1 is 1.45 bits per heavy atom. The van der Waals surface area contributed by atoms with Crippen molar-refractivity contribution in [1.29, 1.82) is 0 Å². The Morgan fingerprint density at radius 2 is 2.27 bits per heavy atom. The van der Waals surface area contributed by atoms with Crippen LogP contribution in [0.1, 0.15) is 24.2 Å². The van der Waals surface area contributed by atoms with Gasteiger partial charge in [-0.1, -0.05) is 0 Å². The van der Waals surface area contributed by atoms with Crippen molar-refractivity contribution in [2.45, 2.75) is 32.7 Å². The zero-order chi connectivity index (χ0) is 7.84. The Morgan fingerprint density at radius 3 is 3.00 bits per heavy atom. The molecule has 0 spiro atoms. The van der Waals surface area contributed by atoms with Crippen LogP contribution in [0.2, 0.25) is 0 Å². The van der Waals surface area contributed by atoms with Gasteiger partial charge in [-0.3, -0.25) is 0 Å². The highest BCUT2D eigenvalue weighted by Crippen LogP contribution is 2.23. The number of aryl methyl sites for hydroxylation is 1. The van der Waals surface area contributed by atoms with Crippen LogP contribution in [0.25, 0.3) is 0 Å². The summed E-state index contributed by atoms with van der Waals surface area (Å²) < 4.78 is 2.35. The van der Waals surface area contributed by atoms with Gasteiger partial charge in [-0.05, 0) is 32.3 Å². The second kappa shape index (κ2) is 2.29. The van der Waals surface area contributed by atoms with Crippen molar-refractivity contribution in [3.8, 4) is 0 Å². The third-order valence-corrected chi connectivity index (χ3v) is 2.56. The van der Waals surface area contributed by atoms with Crippen LogP contribution in [0.5, 0.6) is 0 Å². The van der Waals surface area contributed by atoms with E-state index in [1.165, 1.54) is 37.2 Å². The van der Waals surface area contributed by atoms with Crippen molar-refractivity contribution >= 4 is 5.69 Å². The molecule has 0 saturated carbocycles. The van der Waals surface area contributed by atoms with Crippen molar-refractivity contribution < 1.29 is 0 Å². The van der Waals surface area contributed by atoms with E-state index in [0.717, 1.165) is 5.69 Å². The molecule has 0 fully saturated rings. The summed E-state index contributed by atoms with van der Waals surface area (Å²) in [6, 6.07) is 2.12. The summed E-state index contributed by atoms with van der Waals surface area (Å²) in [5, 5.41) is 0. The third-order valence-electron chi connectivity index (χ3n) is 2.56. The Hall–Kier alpha value is -0.920. The summed E-state index contributed by atoms with van der Waals surface area (Å²) in [6.45, 7) is 3.27. The van der Waals surface area contributed by atoms with E-state index in [-0.39, 0.29) is 0 Å². The highest BCUT2D eigenvalue weighted by Gasteiger charge is 2.12. The Balaban J connectivity index is 2.50. The lowest BCUT2D eigenvalue weighted by atomic mass is 10.1. The number of rotatable bonds is 0. The van der Waals surface area contributed by atoms with Crippen molar-refractivity contribution in [2.24, 2.45) is 0 Å². The van der Waals surface area contributed by atoms with Crippen molar-refractivity contribution in [1.82, 2.24) is 4.57 Å². The monoisotopic (exact) mass is 150 g/mol. The predicted molar refractivity (Wildman–Crippen MR) is 46.5 cm³/mol. The van der Waals surface area contributed by atoms with E-state index in [2.05, 4.69) is 17.6 Å². The minimum Gasteiger partial charge on any atom is -0.397 e. The molecule has 1 aliphatic heterocycles. The van der Waals surface area contributed by atoms with Gasteiger partial charge in [0.05, 0.1) is 5.69 Å².